The zero-order chi connectivity index (χ0) is 18.7. The van der Waals surface area contributed by atoms with E-state index in [1.807, 2.05) is 31.2 Å². The number of sulfonamides is 1. The minimum absolute atomic E-state index is 0.203. The van der Waals surface area contributed by atoms with Gasteiger partial charge in [-0.15, -0.1) is 5.54 Å². The summed E-state index contributed by atoms with van der Waals surface area (Å²) in [6, 6.07) is 17.4. The first kappa shape index (κ1) is 19.8. The van der Waals surface area contributed by atoms with Crippen molar-refractivity contribution < 1.29 is 8.42 Å². The fraction of sp³-hybridized carbons (Fsp3) is 0.263. The highest BCUT2D eigenvalue weighted by Gasteiger charge is 2.23. The van der Waals surface area contributed by atoms with Crippen molar-refractivity contribution in [1.82, 2.24) is 4.31 Å². The van der Waals surface area contributed by atoms with Crippen molar-refractivity contribution in [2.45, 2.75) is 38.0 Å². The van der Waals surface area contributed by atoms with E-state index in [0.717, 1.165) is 15.6 Å². The molecule has 0 N–H and O–H groups in total. The van der Waals surface area contributed by atoms with Gasteiger partial charge in [0, 0.05) is 10.5 Å². The van der Waals surface area contributed by atoms with Gasteiger partial charge >= 0.3 is 0 Å². The minimum Gasteiger partial charge on any atom is -0.220 e. The molecule has 25 heavy (non-hydrogen) atoms. The van der Waals surface area contributed by atoms with Gasteiger partial charge in [0.05, 0.1) is 11.4 Å². The summed E-state index contributed by atoms with van der Waals surface area (Å²) in [4.78, 5) is 0.259. The molecule has 0 aliphatic rings. The van der Waals surface area contributed by atoms with Gasteiger partial charge in [0.1, 0.15) is 8.07 Å². The van der Waals surface area contributed by atoms with Crippen molar-refractivity contribution >= 4 is 34.0 Å². The van der Waals surface area contributed by atoms with Crippen LogP contribution in [0.2, 0.25) is 19.6 Å². The van der Waals surface area contributed by atoms with Crippen molar-refractivity contribution in [1.29, 1.82) is 0 Å². The van der Waals surface area contributed by atoms with Crippen molar-refractivity contribution in [3.63, 3.8) is 0 Å². The summed E-state index contributed by atoms with van der Waals surface area (Å²) in [6.45, 7) is 8.41. The quantitative estimate of drug-likeness (QED) is 0.393. The maximum atomic E-state index is 13.1. The Labute approximate surface area is 160 Å². The molecule has 0 heterocycles. The maximum Gasteiger partial charge on any atom is 0.271 e. The molecule has 0 unspecified atom stereocenters. The average Bonchev–Trinajstić information content (AvgIpc) is 2.52. The van der Waals surface area contributed by atoms with Gasteiger partial charge in [-0.25, -0.2) is 12.7 Å². The van der Waals surface area contributed by atoms with Crippen molar-refractivity contribution in [3.8, 4) is 11.6 Å². The molecule has 0 fully saturated rings. The van der Waals surface area contributed by atoms with Gasteiger partial charge in [0.15, 0.2) is 0 Å². The summed E-state index contributed by atoms with van der Waals surface area (Å²) >= 11 is 3.49. The first-order valence-corrected chi connectivity index (χ1v) is 13.7. The molecule has 0 aliphatic carbocycles. The number of rotatable bonds is 4. The maximum absolute atomic E-state index is 13.1. The van der Waals surface area contributed by atoms with Gasteiger partial charge in [-0.1, -0.05) is 71.5 Å². The highest BCUT2D eigenvalue weighted by atomic mass is 79.9. The van der Waals surface area contributed by atoms with E-state index < -0.39 is 18.1 Å². The highest BCUT2D eigenvalue weighted by molar-refractivity contribution is 9.10. The Balaban J connectivity index is 2.48. The summed E-state index contributed by atoms with van der Waals surface area (Å²) in [6.07, 6.45) is 0. The first-order valence-electron chi connectivity index (χ1n) is 7.95. The SMILES string of the molecule is Cc1ccc(S(=O)(=O)N(C#C[Si](C)(C)C)Cc2ccccc2Br)cc1. The number of halogens is 1. The fourth-order valence-corrected chi connectivity index (χ4v) is 4.20. The van der Waals surface area contributed by atoms with Crippen LogP contribution in [0.3, 0.4) is 0 Å². The number of aryl methyl sites for hydroxylation is 1. The van der Waals surface area contributed by atoms with Gasteiger partial charge < -0.3 is 0 Å². The van der Waals surface area contributed by atoms with Crippen LogP contribution in [0, 0.1) is 18.5 Å². The van der Waals surface area contributed by atoms with Gasteiger partial charge in [0.25, 0.3) is 10.0 Å². The Bertz CT molecular complexity index is 907. The topological polar surface area (TPSA) is 37.4 Å². The molecule has 0 saturated carbocycles. The number of benzene rings is 2. The molecule has 0 radical (unpaired) electrons. The van der Waals surface area contributed by atoms with Crippen LogP contribution >= 0.6 is 15.9 Å². The van der Waals surface area contributed by atoms with E-state index in [0.29, 0.717) is 0 Å². The second-order valence-electron chi connectivity index (χ2n) is 6.90. The Morgan fingerprint density at radius 1 is 1.04 bits per heavy atom. The lowest BCUT2D eigenvalue weighted by Gasteiger charge is -2.20. The van der Waals surface area contributed by atoms with Gasteiger partial charge in [0.2, 0.25) is 0 Å². The highest BCUT2D eigenvalue weighted by Crippen LogP contribution is 2.22. The van der Waals surface area contributed by atoms with E-state index >= 15 is 0 Å². The molecule has 2 rings (SSSR count). The van der Waals surface area contributed by atoms with Crippen molar-refractivity contribution in [2.24, 2.45) is 0 Å². The van der Waals surface area contributed by atoms with Gasteiger partial charge in [-0.2, -0.15) is 0 Å². The molecular formula is C19H22BrNO2SSi. The number of nitrogens with zero attached hydrogens (tertiary/aromatic N) is 1. The van der Waals surface area contributed by atoms with Crippen LogP contribution in [-0.2, 0) is 16.6 Å². The van der Waals surface area contributed by atoms with E-state index in [-0.39, 0.29) is 11.4 Å². The summed E-state index contributed by atoms with van der Waals surface area (Å²) in [7, 11) is -5.41. The third-order valence-corrected chi connectivity index (χ3v) is 6.74. The van der Waals surface area contributed by atoms with Crippen LogP contribution in [0.5, 0.6) is 0 Å². The van der Waals surface area contributed by atoms with Crippen LogP contribution in [-0.4, -0.2) is 20.8 Å². The van der Waals surface area contributed by atoms with Crippen LogP contribution in [0.1, 0.15) is 11.1 Å². The first-order chi connectivity index (χ1) is 11.6. The molecule has 132 valence electrons. The molecule has 0 spiro atoms. The predicted molar refractivity (Wildman–Crippen MR) is 109 cm³/mol. The van der Waals surface area contributed by atoms with Gasteiger partial charge in [-0.3, -0.25) is 0 Å². The van der Waals surface area contributed by atoms with E-state index in [2.05, 4.69) is 47.2 Å². The smallest absolute Gasteiger partial charge is 0.220 e. The minimum atomic E-state index is -3.69. The molecule has 2 aromatic rings. The van der Waals surface area contributed by atoms with Crippen LogP contribution < -0.4 is 0 Å². The predicted octanol–water partition coefficient (Wildman–Crippen LogP) is 4.79. The van der Waals surface area contributed by atoms with E-state index in [1.165, 1.54) is 4.31 Å². The zero-order valence-electron chi connectivity index (χ0n) is 14.9. The Morgan fingerprint density at radius 3 is 2.20 bits per heavy atom. The van der Waals surface area contributed by atoms with E-state index in [1.54, 1.807) is 24.3 Å². The Kier molecular flexibility index (Phi) is 6.15. The largest absolute Gasteiger partial charge is 0.271 e. The summed E-state index contributed by atoms with van der Waals surface area (Å²) in [5, 5.41) is 0. The summed E-state index contributed by atoms with van der Waals surface area (Å²) < 4.78 is 28.3. The third-order valence-electron chi connectivity index (χ3n) is 3.44. The molecule has 0 aromatic heterocycles. The van der Waals surface area contributed by atoms with Crippen molar-refractivity contribution in [3.05, 3.63) is 64.1 Å². The van der Waals surface area contributed by atoms with Crippen LogP contribution in [0.15, 0.2) is 57.9 Å². The zero-order valence-corrected chi connectivity index (χ0v) is 18.3. The lowest BCUT2D eigenvalue weighted by molar-refractivity contribution is 0.508. The standard InChI is InChI=1S/C19H22BrNO2SSi/c1-16-9-11-18(12-10-16)24(22,23)21(13-14-25(2,3)4)15-17-7-5-6-8-19(17)20/h5-12H,15H2,1-4H3. The average molecular weight is 436 g/mol. The molecule has 0 bridgehead atoms. The van der Waals surface area contributed by atoms with Crippen molar-refractivity contribution in [2.75, 3.05) is 0 Å². The normalized spacial score (nSPS) is 11.6. The summed E-state index contributed by atoms with van der Waals surface area (Å²) in [5.41, 5.74) is 5.07. The summed E-state index contributed by atoms with van der Waals surface area (Å²) in [5.74, 6) is 0. The van der Waals surface area contributed by atoms with Gasteiger partial charge in [-0.05, 0) is 30.7 Å². The van der Waals surface area contributed by atoms with Crippen LogP contribution in [0.4, 0.5) is 0 Å². The van der Waals surface area contributed by atoms with E-state index in [9.17, 15) is 8.42 Å². The lowest BCUT2D eigenvalue weighted by Crippen LogP contribution is -2.28. The molecule has 3 nitrogen and oxygen atoms in total. The molecule has 0 atom stereocenters. The Morgan fingerprint density at radius 2 is 1.64 bits per heavy atom. The molecule has 0 aliphatic heterocycles. The van der Waals surface area contributed by atoms with Crippen LogP contribution in [0.25, 0.3) is 0 Å². The third kappa shape index (κ3) is 5.46. The molecule has 6 heteroatoms. The second-order valence-corrected chi connectivity index (χ2v) is 14.4. The molecular weight excluding hydrogens is 414 g/mol. The fourth-order valence-electron chi connectivity index (χ4n) is 2.03. The second kappa shape index (κ2) is 7.77. The number of hydrogen-bond donors (Lipinski definition) is 0. The Hall–Kier alpha value is -1.55. The molecule has 0 amide bonds. The lowest BCUT2D eigenvalue weighted by atomic mass is 10.2. The molecule has 0 saturated heterocycles. The monoisotopic (exact) mass is 435 g/mol. The molecule has 2 aromatic carbocycles. The van der Waals surface area contributed by atoms with E-state index in [4.69, 9.17) is 0 Å². The number of hydrogen-bond acceptors (Lipinski definition) is 2.